The Hall–Kier alpha value is -3.29. The molecule has 1 atom stereocenters. The molecule has 4 aromatic heterocycles. The van der Waals surface area contributed by atoms with Crippen LogP contribution >= 0.6 is 0 Å². The topological polar surface area (TPSA) is 94.0 Å². The largest absolute Gasteiger partial charge is 0.358 e. The van der Waals surface area contributed by atoms with Gasteiger partial charge in [-0.2, -0.15) is 14.6 Å². The molecule has 4 heterocycles. The van der Waals surface area contributed by atoms with Gasteiger partial charge in [-0.1, -0.05) is 18.1 Å². The minimum absolute atomic E-state index is 0.199. The Bertz CT molecular complexity index is 1080. The molecular weight excluding hydrogens is 342 g/mol. The summed E-state index contributed by atoms with van der Waals surface area (Å²) < 4.78 is 7.27. The Kier molecular flexibility index (Phi) is 4.31. The first-order valence-corrected chi connectivity index (χ1v) is 8.94. The van der Waals surface area contributed by atoms with Crippen LogP contribution in [0.25, 0.3) is 17.2 Å². The summed E-state index contributed by atoms with van der Waals surface area (Å²) in [5, 5.41) is 12.1. The monoisotopic (exact) mass is 363 g/mol. The Labute approximate surface area is 156 Å². The number of pyridine rings is 1. The summed E-state index contributed by atoms with van der Waals surface area (Å²) in [4.78, 5) is 13.4. The van der Waals surface area contributed by atoms with Crippen LogP contribution in [0.3, 0.4) is 0 Å². The second-order valence-corrected chi connectivity index (χ2v) is 6.47. The van der Waals surface area contributed by atoms with Gasteiger partial charge in [0.2, 0.25) is 11.7 Å². The average Bonchev–Trinajstić information content (AvgIpc) is 3.29. The van der Waals surface area contributed by atoms with Gasteiger partial charge in [0.05, 0.1) is 5.69 Å². The molecule has 0 saturated carbocycles. The van der Waals surface area contributed by atoms with Gasteiger partial charge < -0.3 is 9.84 Å². The SMILES string of the molecule is CCc1cc(NC(C)c2nc(-c3ccccn3)no2)n2nc(C)c(C)c2n1. The zero-order valence-electron chi connectivity index (χ0n) is 15.8. The van der Waals surface area contributed by atoms with E-state index in [1.165, 1.54) is 0 Å². The molecule has 0 radical (unpaired) electrons. The molecule has 0 spiro atoms. The minimum Gasteiger partial charge on any atom is -0.358 e. The highest BCUT2D eigenvalue weighted by Crippen LogP contribution is 2.23. The Balaban J connectivity index is 1.66. The highest BCUT2D eigenvalue weighted by molar-refractivity contribution is 5.56. The fraction of sp³-hybridized carbons (Fsp3) is 0.316. The molecular formula is C19H21N7O. The van der Waals surface area contributed by atoms with Gasteiger partial charge >= 0.3 is 0 Å². The van der Waals surface area contributed by atoms with Gasteiger partial charge in [0.25, 0.3) is 0 Å². The molecule has 0 aromatic carbocycles. The number of aromatic nitrogens is 6. The number of anilines is 1. The molecule has 0 aliphatic rings. The zero-order chi connectivity index (χ0) is 19.0. The minimum atomic E-state index is -0.199. The normalized spacial score (nSPS) is 12.4. The summed E-state index contributed by atoms with van der Waals surface area (Å²) in [6, 6.07) is 7.40. The summed E-state index contributed by atoms with van der Waals surface area (Å²) in [6.07, 6.45) is 2.54. The molecule has 0 fully saturated rings. The van der Waals surface area contributed by atoms with Crippen molar-refractivity contribution in [3.8, 4) is 11.5 Å². The third-order valence-corrected chi connectivity index (χ3v) is 4.54. The molecule has 4 aromatic rings. The van der Waals surface area contributed by atoms with Gasteiger partial charge in [-0.25, -0.2) is 4.98 Å². The molecule has 27 heavy (non-hydrogen) atoms. The molecule has 1 unspecified atom stereocenters. The number of hydrogen-bond donors (Lipinski definition) is 1. The van der Waals surface area contributed by atoms with Crippen molar-refractivity contribution in [2.75, 3.05) is 5.32 Å². The van der Waals surface area contributed by atoms with Crippen molar-refractivity contribution >= 4 is 11.5 Å². The number of rotatable bonds is 5. The van der Waals surface area contributed by atoms with E-state index in [1.807, 2.05) is 49.6 Å². The number of nitrogens with one attached hydrogen (secondary N) is 1. The lowest BCUT2D eigenvalue weighted by molar-refractivity contribution is 0.367. The van der Waals surface area contributed by atoms with Gasteiger partial charge in [-0.15, -0.1) is 0 Å². The van der Waals surface area contributed by atoms with Crippen molar-refractivity contribution in [2.45, 2.75) is 40.2 Å². The van der Waals surface area contributed by atoms with Gasteiger partial charge in [0, 0.05) is 23.5 Å². The van der Waals surface area contributed by atoms with E-state index >= 15 is 0 Å². The Morgan fingerprint density at radius 2 is 2.07 bits per heavy atom. The Morgan fingerprint density at radius 1 is 1.22 bits per heavy atom. The van der Waals surface area contributed by atoms with E-state index in [0.29, 0.717) is 17.4 Å². The fourth-order valence-electron chi connectivity index (χ4n) is 2.86. The third kappa shape index (κ3) is 3.14. The van der Waals surface area contributed by atoms with Crippen molar-refractivity contribution in [1.29, 1.82) is 0 Å². The van der Waals surface area contributed by atoms with Crippen LogP contribution in [0.4, 0.5) is 5.82 Å². The molecule has 8 nitrogen and oxygen atoms in total. The first-order valence-electron chi connectivity index (χ1n) is 8.94. The predicted octanol–water partition coefficient (Wildman–Crippen LogP) is 3.53. The van der Waals surface area contributed by atoms with E-state index in [9.17, 15) is 0 Å². The molecule has 0 aliphatic heterocycles. The zero-order valence-corrected chi connectivity index (χ0v) is 15.8. The van der Waals surface area contributed by atoms with Crippen LogP contribution in [0.2, 0.25) is 0 Å². The van der Waals surface area contributed by atoms with E-state index in [0.717, 1.165) is 34.8 Å². The lowest BCUT2D eigenvalue weighted by atomic mass is 10.2. The maximum atomic E-state index is 5.44. The van der Waals surface area contributed by atoms with Crippen LogP contribution in [0.5, 0.6) is 0 Å². The van der Waals surface area contributed by atoms with Gasteiger partial charge in [0.15, 0.2) is 5.65 Å². The molecule has 0 bridgehead atoms. The number of nitrogens with zero attached hydrogens (tertiary/aromatic N) is 6. The van der Waals surface area contributed by atoms with Crippen LogP contribution < -0.4 is 5.32 Å². The molecule has 0 aliphatic carbocycles. The lowest BCUT2D eigenvalue weighted by Crippen LogP contribution is -2.12. The fourth-order valence-corrected chi connectivity index (χ4v) is 2.86. The molecule has 0 saturated heterocycles. The first kappa shape index (κ1) is 17.1. The Morgan fingerprint density at radius 3 is 2.81 bits per heavy atom. The maximum absolute atomic E-state index is 5.44. The predicted molar refractivity (Wildman–Crippen MR) is 101 cm³/mol. The summed E-state index contributed by atoms with van der Waals surface area (Å²) in [5.74, 6) is 1.80. The van der Waals surface area contributed by atoms with Crippen LogP contribution in [-0.4, -0.2) is 29.7 Å². The average molecular weight is 363 g/mol. The van der Waals surface area contributed by atoms with E-state index in [4.69, 9.17) is 9.51 Å². The summed E-state index contributed by atoms with van der Waals surface area (Å²) >= 11 is 0. The molecule has 138 valence electrons. The maximum Gasteiger partial charge on any atom is 0.249 e. The highest BCUT2D eigenvalue weighted by atomic mass is 16.5. The van der Waals surface area contributed by atoms with Crippen molar-refractivity contribution in [3.05, 3.63) is 53.3 Å². The van der Waals surface area contributed by atoms with Crippen molar-refractivity contribution in [1.82, 2.24) is 29.7 Å². The summed E-state index contributed by atoms with van der Waals surface area (Å²) in [6.45, 7) is 8.08. The number of aryl methyl sites for hydroxylation is 3. The standard InChI is InChI=1S/C19H21N7O/c1-5-14-10-16(26-18(22-14)11(2)12(3)24-26)21-13(4)19-23-17(25-27-19)15-8-6-7-9-20-15/h6-10,13,21H,5H2,1-4H3. The number of fused-ring (bicyclic) bond motifs is 1. The smallest absolute Gasteiger partial charge is 0.249 e. The molecule has 1 N–H and O–H groups in total. The summed E-state index contributed by atoms with van der Waals surface area (Å²) in [7, 11) is 0. The van der Waals surface area contributed by atoms with Crippen LogP contribution in [-0.2, 0) is 6.42 Å². The van der Waals surface area contributed by atoms with E-state index in [1.54, 1.807) is 6.20 Å². The van der Waals surface area contributed by atoms with Crippen molar-refractivity contribution in [3.63, 3.8) is 0 Å². The van der Waals surface area contributed by atoms with Gasteiger partial charge in [-0.3, -0.25) is 4.98 Å². The van der Waals surface area contributed by atoms with Crippen LogP contribution in [0.1, 0.15) is 42.7 Å². The highest BCUT2D eigenvalue weighted by Gasteiger charge is 2.18. The quantitative estimate of drug-likeness (QED) is 0.579. The molecule has 0 amide bonds. The van der Waals surface area contributed by atoms with Crippen LogP contribution in [0.15, 0.2) is 35.0 Å². The van der Waals surface area contributed by atoms with E-state index in [-0.39, 0.29) is 6.04 Å². The molecule has 4 rings (SSSR count). The second kappa shape index (κ2) is 6.79. The van der Waals surface area contributed by atoms with Gasteiger partial charge in [-0.05, 0) is 39.3 Å². The summed E-state index contributed by atoms with van der Waals surface area (Å²) in [5.41, 5.74) is 4.58. The third-order valence-electron chi connectivity index (χ3n) is 4.54. The second-order valence-electron chi connectivity index (χ2n) is 6.47. The van der Waals surface area contributed by atoms with Gasteiger partial charge in [0.1, 0.15) is 17.6 Å². The van der Waals surface area contributed by atoms with Crippen LogP contribution in [0, 0.1) is 13.8 Å². The molecule has 8 heteroatoms. The van der Waals surface area contributed by atoms with Crippen molar-refractivity contribution in [2.24, 2.45) is 0 Å². The lowest BCUT2D eigenvalue weighted by Gasteiger charge is -2.13. The van der Waals surface area contributed by atoms with Crippen molar-refractivity contribution < 1.29 is 4.52 Å². The first-order chi connectivity index (χ1) is 13.1. The van der Waals surface area contributed by atoms with E-state index in [2.05, 4.69) is 32.5 Å². The van der Waals surface area contributed by atoms with E-state index < -0.39 is 0 Å². The number of hydrogen-bond acceptors (Lipinski definition) is 7.